The summed E-state index contributed by atoms with van der Waals surface area (Å²) in [5, 5.41) is 2.95. The van der Waals surface area contributed by atoms with Crippen LogP contribution in [0.25, 0.3) is 0 Å². The van der Waals surface area contributed by atoms with Crippen molar-refractivity contribution < 1.29 is 18.7 Å². The molecule has 0 radical (unpaired) electrons. The fourth-order valence-corrected chi connectivity index (χ4v) is 2.03. The summed E-state index contributed by atoms with van der Waals surface area (Å²) >= 11 is 9.13. The topological polar surface area (TPSA) is 55.4 Å². The van der Waals surface area contributed by atoms with Crippen LogP contribution < -0.4 is 5.32 Å². The first-order chi connectivity index (χ1) is 10.5. The Morgan fingerprint density at radius 1 is 1.23 bits per heavy atom. The third kappa shape index (κ3) is 4.29. The van der Waals surface area contributed by atoms with Gasteiger partial charge >= 0.3 is 5.97 Å². The number of esters is 1. The van der Waals surface area contributed by atoms with Crippen LogP contribution in [0.3, 0.4) is 0 Å². The Balaban J connectivity index is 1.91. The highest BCUT2D eigenvalue weighted by molar-refractivity contribution is 9.10. The fraction of sp³-hybridized carbons (Fsp3) is 0.0667. The molecule has 0 saturated carbocycles. The van der Waals surface area contributed by atoms with Gasteiger partial charge in [-0.2, -0.15) is 0 Å². The molecule has 0 aliphatic carbocycles. The van der Waals surface area contributed by atoms with Crippen molar-refractivity contribution in [2.24, 2.45) is 0 Å². The molecule has 2 aromatic rings. The van der Waals surface area contributed by atoms with Gasteiger partial charge in [0.05, 0.1) is 10.6 Å². The van der Waals surface area contributed by atoms with E-state index < -0.39 is 24.3 Å². The van der Waals surface area contributed by atoms with Crippen molar-refractivity contribution in [2.75, 3.05) is 11.9 Å². The zero-order valence-electron chi connectivity index (χ0n) is 11.1. The second-order valence-corrected chi connectivity index (χ2v) is 5.49. The third-order valence-electron chi connectivity index (χ3n) is 2.63. The van der Waals surface area contributed by atoms with Gasteiger partial charge in [-0.15, -0.1) is 0 Å². The SMILES string of the molecule is O=C(COC(=O)c1ccccc1F)Nc1ccc(Br)c(Cl)c1. The molecule has 2 rings (SSSR count). The molecule has 0 fully saturated rings. The Labute approximate surface area is 139 Å². The molecule has 0 heterocycles. The lowest BCUT2D eigenvalue weighted by Gasteiger charge is -2.08. The van der Waals surface area contributed by atoms with E-state index >= 15 is 0 Å². The van der Waals surface area contributed by atoms with Gasteiger partial charge in [-0.25, -0.2) is 9.18 Å². The second-order valence-electron chi connectivity index (χ2n) is 4.23. The van der Waals surface area contributed by atoms with Gasteiger partial charge in [-0.3, -0.25) is 4.79 Å². The Morgan fingerprint density at radius 2 is 1.95 bits per heavy atom. The zero-order valence-corrected chi connectivity index (χ0v) is 13.4. The van der Waals surface area contributed by atoms with Crippen LogP contribution in [-0.4, -0.2) is 18.5 Å². The first kappa shape index (κ1) is 16.5. The van der Waals surface area contributed by atoms with E-state index in [1.54, 1.807) is 18.2 Å². The molecular weight excluding hydrogens is 377 g/mol. The molecule has 2 aromatic carbocycles. The molecule has 0 aromatic heterocycles. The van der Waals surface area contributed by atoms with E-state index in [1.165, 1.54) is 18.2 Å². The Hall–Kier alpha value is -1.92. The van der Waals surface area contributed by atoms with E-state index in [-0.39, 0.29) is 5.56 Å². The van der Waals surface area contributed by atoms with Crippen molar-refractivity contribution in [3.63, 3.8) is 0 Å². The van der Waals surface area contributed by atoms with E-state index in [9.17, 15) is 14.0 Å². The average Bonchev–Trinajstić information content (AvgIpc) is 2.49. The van der Waals surface area contributed by atoms with Crippen molar-refractivity contribution in [3.8, 4) is 0 Å². The number of halogens is 3. The van der Waals surface area contributed by atoms with Crippen LogP contribution in [0.5, 0.6) is 0 Å². The lowest BCUT2D eigenvalue weighted by Crippen LogP contribution is -2.21. The summed E-state index contributed by atoms with van der Waals surface area (Å²) in [6.07, 6.45) is 0. The number of ether oxygens (including phenoxy) is 1. The number of hydrogen-bond donors (Lipinski definition) is 1. The summed E-state index contributed by atoms with van der Waals surface area (Å²) in [5.74, 6) is -2.15. The molecule has 0 aliphatic heterocycles. The van der Waals surface area contributed by atoms with Crippen molar-refractivity contribution in [1.82, 2.24) is 0 Å². The number of carbonyl (C=O) groups is 2. The van der Waals surface area contributed by atoms with Crippen LogP contribution in [0.4, 0.5) is 10.1 Å². The summed E-state index contributed by atoms with van der Waals surface area (Å²) in [5.41, 5.74) is 0.238. The van der Waals surface area contributed by atoms with E-state index in [0.29, 0.717) is 15.2 Å². The van der Waals surface area contributed by atoms with Gasteiger partial charge in [0.2, 0.25) is 0 Å². The third-order valence-corrected chi connectivity index (χ3v) is 3.86. The van der Waals surface area contributed by atoms with E-state index in [4.69, 9.17) is 16.3 Å². The summed E-state index contributed by atoms with van der Waals surface area (Å²) in [6.45, 7) is -0.527. The molecule has 0 bridgehead atoms. The largest absolute Gasteiger partial charge is 0.452 e. The molecule has 1 amide bonds. The van der Waals surface area contributed by atoms with Crippen LogP contribution in [-0.2, 0) is 9.53 Å². The lowest BCUT2D eigenvalue weighted by atomic mass is 10.2. The first-order valence-corrected chi connectivity index (χ1v) is 7.31. The van der Waals surface area contributed by atoms with Gasteiger partial charge in [-0.05, 0) is 46.3 Å². The predicted octanol–water partition coefficient (Wildman–Crippen LogP) is 4.04. The quantitative estimate of drug-likeness (QED) is 0.807. The smallest absolute Gasteiger partial charge is 0.341 e. The maximum absolute atomic E-state index is 13.4. The highest BCUT2D eigenvalue weighted by atomic mass is 79.9. The highest BCUT2D eigenvalue weighted by Crippen LogP contribution is 2.25. The molecule has 22 heavy (non-hydrogen) atoms. The molecule has 0 unspecified atom stereocenters. The van der Waals surface area contributed by atoms with Crippen LogP contribution >= 0.6 is 27.5 Å². The van der Waals surface area contributed by atoms with Crippen molar-refractivity contribution in [3.05, 3.63) is 63.3 Å². The van der Waals surface area contributed by atoms with E-state index in [0.717, 1.165) is 6.07 Å². The van der Waals surface area contributed by atoms with Gasteiger partial charge in [0, 0.05) is 10.2 Å². The Bertz CT molecular complexity index is 724. The van der Waals surface area contributed by atoms with Gasteiger partial charge in [0.25, 0.3) is 5.91 Å². The van der Waals surface area contributed by atoms with E-state index in [1.807, 2.05) is 0 Å². The van der Waals surface area contributed by atoms with Gasteiger partial charge in [-0.1, -0.05) is 23.7 Å². The minimum atomic E-state index is -0.901. The zero-order chi connectivity index (χ0) is 16.1. The minimum Gasteiger partial charge on any atom is -0.452 e. The summed E-state index contributed by atoms with van der Waals surface area (Å²) in [6, 6.07) is 10.2. The minimum absolute atomic E-state index is 0.220. The van der Waals surface area contributed by atoms with Gasteiger partial charge in [0.15, 0.2) is 6.61 Å². The number of anilines is 1. The standard InChI is InChI=1S/C15H10BrClFNO3/c16-11-6-5-9(7-12(11)17)19-14(20)8-22-15(21)10-3-1-2-4-13(10)18/h1-7H,8H2,(H,19,20). The molecule has 114 valence electrons. The van der Waals surface area contributed by atoms with Crippen molar-refractivity contribution in [2.45, 2.75) is 0 Å². The summed E-state index contributed by atoms with van der Waals surface area (Å²) in [7, 11) is 0. The molecule has 4 nitrogen and oxygen atoms in total. The molecular formula is C15H10BrClFNO3. The molecule has 0 atom stereocenters. The average molecular weight is 387 g/mol. The van der Waals surface area contributed by atoms with Crippen molar-refractivity contribution >= 4 is 45.1 Å². The van der Waals surface area contributed by atoms with Gasteiger partial charge in [0.1, 0.15) is 5.82 Å². The van der Waals surface area contributed by atoms with Gasteiger partial charge < -0.3 is 10.1 Å². The summed E-state index contributed by atoms with van der Waals surface area (Å²) < 4.78 is 18.8. The lowest BCUT2D eigenvalue weighted by molar-refractivity contribution is -0.119. The first-order valence-electron chi connectivity index (χ1n) is 6.14. The number of benzene rings is 2. The number of rotatable bonds is 4. The number of hydrogen-bond acceptors (Lipinski definition) is 3. The number of amides is 1. The maximum Gasteiger partial charge on any atom is 0.341 e. The van der Waals surface area contributed by atoms with E-state index in [2.05, 4.69) is 21.2 Å². The molecule has 0 aliphatic rings. The molecule has 1 N–H and O–H groups in total. The molecule has 0 spiro atoms. The summed E-state index contributed by atoms with van der Waals surface area (Å²) in [4.78, 5) is 23.3. The fourth-order valence-electron chi connectivity index (χ4n) is 1.61. The van der Waals surface area contributed by atoms with Crippen LogP contribution in [0.15, 0.2) is 46.9 Å². The predicted molar refractivity (Wildman–Crippen MR) is 84.5 cm³/mol. The second kappa shape index (κ2) is 7.38. The normalized spacial score (nSPS) is 10.1. The maximum atomic E-state index is 13.4. The number of carbonyl (C=O) groups excluding carboxylic acids is 2. The van der Waals surface area contributed by atoms with Crippen LogP contribution in [0, 0.1) is 5.82 Å². The van der Waals surface area contributed by atoms with Crippen LogP contribution in [0.2, 0.25) is 5.02 Å². The van der Waals surface area contributed by atoms with Crippen LogP contribution in [0.1, 0.15) is 10.4 Å². The Kier molecular flexibility index (Phi) is 5.51. The monoisotopic (exact) mass is 385 g/mol. The molecule has 7 heteroatoms. The van der Waals surface area contributed by atoms with Crippen molar-refractivity contribution in [1.29, 1.82) is 0 Å². The Morgan fingerprint density at radius 3 is 2.64 bits per heavy atom. The number of nitrogens with one attached hydrogen (secondary N) is 1. The molecule has 0 saturated heterocycles. The highest BCUT2D eigenvalue weighted by Gasteiger charge is 2.14.